The Hall–Kier alpha value is -2.60. The molecule has 1 saturated carbocycles. The van der Waals surface area contributed by atoms with Gasteiger partial charge in [-0.05, 0) is 68.1 Å². The molecular weight excluding hydrogens is 393 g/mol. The number of benzene rings is 2. The molecule has 1 amide bonds. The summed E-state index contributed by atoms with van der Waals surface area (Å²) >= 11 is 0. The van der Waals surface area contributed by atoms with Crippen LogP contribution in [0.3, 0.4) is 0 Å². The van der Waals surface area contributed by atoms with Crippen molar-refractivity contribution < 1.29 is 13.9 Å². The summed E-state index contributed by atoms with van der Waals surface area (Å²) in [5.41, 5.74) is 1.70. The first-order valence-corrected chi connectivity index (χ1v) is 11.4. The van der Waals surface area contributed by atoms with Crippen LogP contribution in [0, 0.1) is 5.82 Å². The van der Waals surface area contributed by atoms with E-state index in [-0.39, 0.29) is 11.7 Å². The molecule has 0 spiro atoms. The lowest BCUT2D eigenvalue weighted by Gasteiger charge is -2.22. The summed E-state index contributed by atoms with van der Waals surface area (Å²) < 4.78 is 20.6. The summed E-state index contributed by atoms with van der Waals surface area (Å²) in [6.07, 6.45) is 5.63. The molecule has 31 heavy (non-hydrogen) atoms. The molecule has 5 nitrogen and oxygen atoms in total. The Kier molecular flexibility index (Phi) is 6.76. The minimum absolute atomic E-state index is 0.179. The summed E-state index contributed by atoms with van der Waals surface area (Å²) in [5, 5.41) is 3.63. The van der Waals surface area contributed by atoms with E-state index in [4.69, 9.17) is 4.74 Å². The molecule has 2 fully saturated rings. The second-order valence-corrected chi connectivity index (χ2v) is 8.60. The Morgan fingerprint density at radius 3 is 2.61 bits per heavy atom. The molecule has 2 aliphatic rings. The smallest absolute Gasteiger partial charge is 0.258 e. The van der Waals surface area contributed by atoms with Crippen LogP contribution in [-0.4, -0.2) is 44.7 Å². The fourth-order valence-electron chi connectivity index (χ4n) is 4.00. The third-order valence-electron chi connectivity index (χ3n) is 6.07. The van der Waals surface area contributed by atoms with Crippen LogP contribution in [0.25, 0.3) is 0 Å². The van der Waals surface area contributed by atoms with Crippen molar-refractivity contribution in [1.29, 1.82) is 0 Å². The highest BCUT2D eigenvalue weighted by atomic mass is 19.1. The van der Waals surface area contributed by atoms with Gasteiger partial charge in [-0.25, -0.2) is 4.39 Å². The number of hydrogen-bond donors (Lipinski definition) is 1. The molecule has 1 saturated heterocycles. The first-order chi connectivity index (χ1) is 15.0. The third kappa shape index (κ3) is 5.37. The van der Waals surface area contributed by atoms with Crippen LogP contribution in [0.2, 0.25) is 0 Å². The predicted octanol–water partition coefficient (Wildman–Crippen LogP) is 4.61. The number of nitrogens with one attached hydrogen (secondary N) is 1. The maximum absolute atomic E-state index is 14.9. The molecule has 0 aromatic heterocycles. The number of ether oxygens (including phenoxy) is 1. The Balaban J connectivity index is 1.38. The van der Waals surface area contributed by atoms with Crippen LogP contribution in [0.1, 0.15) is 49.4 Å². The summed E-state index contributed by atoms with van der Waals surface area (Å²) in [6.45, 7) is 4.46. The normalized spacial score (nSPS) is 18.3. The average Bonchev–Trinajstić information content (AvgIpc) is 3.48. The highest BCUT2D eigenvalue weighted by Gasteiger charge is 2.30. The number of rotatable bonds is 9. The molecule has 1 aliphatic carbocycles. The lowest BCUT2D eigenvalue weighted by molar-refractivity contribution is 0.0993. The van der Waals surface area contributed by atoms with Crippen LogP contribution in [0.4, 0.5) is 15.8 Å². The predicted molar refractivity (Wildman–Crippen MR) is 123 cm³/mol. The summed E-state index contributed by atoms with van der Waals surface area (Å²) in [5.74, 6) is 0.286. The van der Waals surface area contributed by atoms with Gasteiger partial charge in [0.25, 0.3) is 5.91 Å². The minimum Gasteiger partial charge on any atom is -0.494 e. The number of amides is 1. The van der Waals surface area contributed by atoms with Crippen molar-refractivity contribution >= 4 is 17.3 Å². The Morgan fingerprint density at radius 2 is 1.94 bits per heavy atom. The molecule has 0 bridgehead atoms. The Morgan fingerprint density at radius 1 is 1.16 bits per heavy atom. The van der Waals surface area contributed by atoms with E-state index in [1.807, 2.05) is 6.07 Å². The number of unbranched alkanes of at least 4 members (excludes halogenated alkanes) is 1. The molecule has 4 rings (SSSR count). The first-order valence-electron chi connectivity index (χ1n) is 11.4. The van der Waals surface area contributed by atoms with Crippen molar-refractivity contribution in [2.75, 3.05) is 36.5 Å². The fraction of sp³-hybridized carbons (Fsp3) is 0.480. The molecule has 1 heterocycles. The van der Waals surface area contributed by atoms with Crippen LogP contribution in [-0.2, 0) is 0 Å². The zero-order valence-corrected chi connectivity index (χ0v) is 18.4. The van der Waals surface area contributed by atoms with Gasteiger partial charge >= 0.3 is 0 Å². The van der Waals surface area contributed by atoms with E-state index in [9.17, 15) is 9.18 Å². The van der Waals surface area contributed by atoms with Crippen LogP contribution in [0.15, 0.2) is 42.5 Å². The summed E-state index contributed by atoms with van der Waals surface area (Å²) in [7, 11) is 1.67. The van der Waals surface area contributed by atoms with E-state index in [2.05, 4.69) is 17.1 Å². The minimum atomic E-state index is -0.288. The van der Waals surface area contributed by atoms with Gasteiger partial charge in [0.1, 0.15) is 11.6 Å². The van der Waals surface area contributed by atoms with Gasteiger partial charge in [0.2, 0.25) is 0 Å². The molecule has 1 N–H and O–H groups in total. The average molecular weight is 426 g/mol. The van der Waals surface area contributed by atoms with Gasteiger partial charge in [0.15, 0.2) is 0 Å². The third-order valence-corrected chi connectivity index (χ3v) is 6.07. The topological polar surface area (TPSA) is 44.8 Å². The molecule has 1 unspecified atom stereocenters. The number of carbonyl (C=O) groups excluding carboxylic acids is 1. The van der Waals surface area contributed by atoms with E-state index in [1.165, 1.54) is 23.8 Å². The van der Waals surface area contributed by atoms with E-state index in [1.54, 1.807) is 37.4 Å². The second kappa shape index (κ2) is 9.69. The van der Waals surface area contributed by atoms with Crippen LogP contribution in [0.5, 0.6) is 5.75 Å². The maximum atomic E-state index is 14.9. The van der Waals surface area contributed by atoms with Gasteiger partial charge in [-0.1, -0.05) is 13.3 Å². The van der Waals surface area contributed by atoms with Gasteiger partial charge in [-0.2, -0.15) is 0 Å². The Labute approximate surface area is 184 Å². The maximum Gasteiger partial charge on any atom is 0.258 e. The van der Waals surface area contributed by atoms with Gasteiger partial charge < -0.3 is 19.9 Å². The molecule has 1 atom stereocenters. The molecule has 6 heteroatoms. The number of nitrogens with zero attached hydrogens (tertiary/aromatic N) is 2. The van der Waals surface area contributed by atoms with Gasteiger partial charge in [-0.15, -0.1) is 0 Å². The standard InChI is InChI=1S/C25H32FN3O2/c1-3-4-15-31-22-10-5-18(6-11-22)25(30)28(2)21-9-12-24(23(26)16-21)29-14-13-20(17-29)27-19-7-8-19/h5-6,9-12,16,19-20,27H,3-4,7-8,13-15,17H2,1-2H3. The number of anilines is 2. The van der Waals surface area contributed by atoms with E-state index in [0.717, 1.165) is 38.1 Å². The molecule has 0 radical (unpaired) electrons. The zero-order valence-electron chi connectivity index (χ0n) is 18.4. The van der Waals surface area contributed by atoms with Crippen molar-refractivity contribution in [3.63, 3.8) is 0 Å². The highest BCUT2D eigenvalue weighted by Crippen LogP contribution is 2.29. The van der Waals surface area contributed by atoms with Gasteiger partial charge in [0, 0.05) is 43.5 Å². The summed E-state index contributed by atoms with van der Waals surface area (Å²) in [4.78, 5) is 16.4. The van der Waals surface area contributed by atoms with Crippen LogP contribution >= 0.6 is 0 Å². The zero-order chi connectivity index (χ0) is 21.8. The van der Waals surface area contributed by atoms with Crippen LogP contribution < -0.4 is 19.9 Å². The second-order valence-electron chi connectivity index (χ2n) is 8.60. The lowest BCUT2D eigenvalue weighted by atomic mass is 10.1. The lowest BCUT2D eigenvalue weighted by Crippen LogP contribution is -2.34. The van der Waals surface area contributed by atoms with Crippen molar-refractivity contribution in [1.82, 2.24) is 5.32 Å². The molecule has 1 aliphatic heterocycles. The number of carbonyl (C=O) groups is 1. The molecule has 166 valence electrons. The van der Waals surface area contributed by atoms with E-state index in [0.29, 0.717) is 35.6 Å². The Bertz CT molecular complexity index is 898. The van der Waals surface area contributed by atoms with Gasteiger partial charge in [-0.3, -0.25) is 4.79 Å². The monoisotopic (exact) mass is 425 g/mol. The molecular formula is C25H32FN3O2. The SMILES string of the molecule is CCCCOc1ccc(C(=O)N(C)c2ccc(N3CCC(NC4CC4)C3)c(F)c2)cc1. The summed E-state index contributed by atoms with van der Waals surface area (Å²) in [6, 6.07) is 13.3. The van der Waals surface area contributed by atoms with Gasteiger partial charge in [0.05, 0.1) is 12.3 Å². The van der Waals surface area contributed by atoms with E-state index < -0.39 is 0 Å². The molecule has 2 aromatic carbocycles. The first kappa shape index (κ1) is 21.6. The van der Waals surface area contributed by atoms with Crippen molar-refractivity contribution in [3.8, 4) is 5.75 Å². The fourth-order valence-corrected chi connectivity index (χ4v) is 4.00. The quantitative estimate of drug-likeness (QED) is 0.596. The van der Waals surface area contributed by atoms with Crippen molar-refractivity contribution in [2.24, 2.45) is 0 Å². The largest absolute Gasteiger partial charge is 0.494 e. The van der Waals surface area contributed by atoms with Crippen molar-refractivity contribution in [2.45, 2.75) is 51.1 Å². The van der Waals surface area contributed by atoms with E-state index >= 15 is 0 Å². The van der Waals surface area contributed by atoms with Crippen molar-refractivity contribution in [3.05, 3.63) is 53.8 Å². The molecule has 2 aromatic rings. The highest BCUT2D eigenvalue weighted by molar-refractivity contribution is 6.05. The number of halogens is 1. The number of hydrogen-bond acceptors (Lipinski definition) is 4.